The summed E-state index contributed by atoms with van der Waals surface area (Å²) in [6.45, 7) is 4.43. The third-order valence-corrected chi connectivity index (χ3v) is 3.89. The van der Waals surface area contributed by atoms with Gasteiger partial charge in [-0.2, -0.15) is 22.5 Å². The number of hydrogen-bond donors (Lipinski definition) is 1. The van der Waals surface area contributed by atoms with Gasteiger partial charge in [0.1, 0.15) is 18.9 Å². The first-order valence-corrected chi connectivity index (χ1v) is 7.74. The Balaban J connectivity index is 1.98. The monoisotopic (exact) mass is 356 g/mol. The zero-order valence-electron chi connectivity index (χ0n) is 13.6. The lowest BCUT2D eigenvalue weighted by atomic mass is 9.95. The van der Waals surface area contributed by atoms with Gasteiger partial charge in [0.2, 0.25) is 11.6 Å². The van der Waals surface area contributed by atoms with E-state index in [0.717, 1.165) is 0 Å². The summed E-state index contributed by atoms with van der Waals surface area (Å²) in [5.41, 5.74) is -0.255. The van der Waals surface area contributed by atoms with Crippen molar-refractivity contribution in [2.24, 2.45) is 5.92 Å². The van der Waals surface area contributed by atoms with Crippen LogP contribution in [0.5, 0.6) is 11.5 Å². The van der Waals surface area contributed by atoms with Crippen molar-refractivity contribution < 1.29 is 27.0 Å². The minimum Gasteiger partial charge on any atom is -0.486 e. The molecule has 1 atom stereocenters. The molecule has 1 unspecified atom stereocenters. The molecule has 25 heavy (non-hydrogen) atoms. The number of benzene rings is 1. The van der Waals surface area contributed by atoms with E-state index < -0.39 is 35.3 Å². The molecule has 8 heteroatoms. The van der Waals surface area contributed by atoms with Gasteiger partial charge in [0.15, 0.2) is 11.5 Å². The number of aromatic nitrogens is 1. The fourth-order valence-electron chi connectivity index (χ4n) is 2.66. The quantitative estimate of drug-likeness (QED) is 0.658. The molecule has 1 aromatic heterocycles. The molecule has 0 saturated carbocycles. The number of ether oxygens (including phenoxy) is 2. The first kappa shape index (κ1) is 17.3. The summed E-state index contributed by atoms with van der Waals surface area (Å²) < 4.78 is 65.4. The number of rotatable bonds is 4. The summed E-state index contributed by atoms with van der Waals surface area (Å²) in [5.74, 6) is -5.62. The minimum absolute atomic E-state index is 0.152. The lowest BCUT2D eigenvalue weighted by molar-refractivity contribution is 0.171. The average Bonchev–Trinajstić information content (AvgIpc) is 2.59. The van der Waals surface area contributed by atoms with Gasteiger partial charge in [-0.25, -0.2) is 0 Å². The molecule has 0 bridgehead atoms. The molecular formula is C17H16F4N2O2. The van der Waals surface area contributed by atoms with Gasteiger partial charge in [-0.1, -0.05) is 19.9 Å². The van der Waals surface area contributed by atoms with Crippen molar-refractivity contribution in [2.45, 2.75) is 19.9 Å². The smallest absolute Gasteiger partial charge is 0.253 e. The maximum Gasteiger partial charge on any atom is 0.253 e. The molecule has 1 aliphatic heterocycles. The van der Waals surface area contributed by atoms with E-state index in [-0.39, 0.29) is 5.92 Å². The Kier molecular flexibility index (Phi) is 4.69. The van der Waals surface area contributed by atoms with Crippen LogP contribution >= 0.6 is 0 Å². The highest BCUT2D eigenvalue weighted by Gasteiger charge is 2.26. The molecule has 2 aromatic rings. The van der Waals surface area contributed by atoms with E-state index in [9.17, 15) is 17.6 Å². The highest BCUT2D eigenvalue weighted by Crippen LogP contribution is 2.36. The van der Waals surface area contributed by atoms with Gasteiger partial charge < -0.3 is 14.8 Å². The van der Waals surface area contributed by atoms with Crippen molar-refractivity contribution in [3.8, 4) is 11.5 Å². The van der Waals surface area contributed by atoms with Crippen molar-refractivity contribution in [3.63, 3.8) is 0 Å². The summed E-state index contributed by atoms with van der Waals surface area (Å²) in [6, 6.07) is 4.44. The number of anilines is 1. The number of hydrogen-bond acceptors (Lipinski definition) is 4. The molecule has 0 radical (unpaired) electrons. The molecule has 134 valence electrons. The SMILES string of the molecule is CC(C)C(Nc1c(F)c(F)nc(F)c1F)c1ccc2c(c1)OCCO2. The van der Waals surface area contributed by atoms with Crippen LogP contribution < -0.4 is 14.8 Å². The molecule has 0 saturated heterocycles. The lowest BCUT2D eigenvalue weighted by Gasteiger charge is -2.26. The number of pyridine rings is 1. The highest BCUT2D eigenvalue weighted by molar-refractivity contribution is 5.50. The topological polar surface area (TPSA) is 43.4 Å². The zero-order valence-corrected chi connectivity index (χ0v) is 13.6. The van der Waals surface area contributed by atoms with Crippen LogP contribution in [0.25, 0.3) is 0 Å². The first-order valence-electron chi connectivity index (χ1n) is 7.74. The highest BCUT2D eigenvalue weighted by atomic mass is 19.2. The fourth-order valence-corrected chi connectivity index (χ4v) is 2.66. The molecule has 2 heterocycles. The second-order valence-corrected chi connectivity index (χ2v) is 5.97. The Morgan fingerprint density at radius 1 is 0.960 bits per heavy atom. The normalized spacial score (nSPS) is 14.5. The third kappa shape index (κ3) is 3.33. The Labute approximate surface area is 141 Å². The summed E-state index contributed by atoms with van der Waals surface area (Å²) in [7, 11) is 0. The van der Waals surface area contributed by atoms with Gasteiger partial charge in [-0.05, 0) is 23.6 Å². The van der Waals surface area contributed by atoms with Gasteiger partial charge >= 0.3 is 0 Å². The Bertz CT molecular complexity index is 772. The van der Waals surface area contributed by atoms with Gasteiger partial charge in [0.05, 0.1) is 6.04 Å². The van der Waals surface area contributed by atoms with Crippen LogP contribution in [0.4, 0.5) is 23.2 Å². The van der Waals surface area contributed by atoms with Crippen LogP contribution in [0.15, 0.2) is 18.2 Å². The van der Waals surface area contributed by atoms with Crippen molar-refractivity contribution in [3.05, 3.63) is 47.3 Å². The van der Waals surface area contributed by atoms with Crippen molar-refractivity contribution in [1.29, 1.82) is 0 Å². The van der Waals surface area contributed by atoms with E-state index in [0.29, 0.717) is 30.3 Å². The number of halogens is 4. The second kappa shape index (κ2) is 6.78. The molecular weight excluding hydrogens is 340 g/mol. The van der Waals surface area contributed by atoms with Gasteiger partial charge in [-0.15, -0.1) is 0 Å². The third-order valence-electron chi connectivity index (χ3n) is 3.89. The van der Waals surface area contributed by atoms with Gasteiger partial charge in [0, 0.05) is 0 Å². The summed E-state index contributed by atoms with van der Waals surface area (Å²) in [4.78, 5) is 2.56. The van der Waals surface area contributed by atoms with Crippen molar-refractivity contribution in [2.75, 3.05) is 18.5 Å². The van der Waals surface area contributed by atoms with E-state index in [1.807, 2.05) is 0 Å². The van der Waals surface area contributed by atoms with Crippen LogP contribution in [0.1, 0.15) is 25.5 Å². The maximum atomic E-state index is 13.9. The molecule has 0 amide bonds. The Morgan fingerprint density at radius 3 is 2.16 bits per heavy atom. The second-order valence-electron chi connectivity index (χ2n) is 5.97. The largest absolute Gasteiger partial charge is 0.486 e. The molecule has 0 aliphatic carbocycles. The van der Waals surface area contributed by atoms with Crippen molar-refractivity contribution in [1.82, 2.24) is 4.98 Å². The van der Waals surface area contributed by atoms with E-state index in [1.165, 1.54) is 0 Å². The molecule has 0 fully saturated rings. The van der Waals surface area contributed by atoms with Crippen molar-refractivity contribution >= 4 is 5.69 Å². The fraction of sp³-hybridized carbons (Fsp3) is 0.353. The Hall–Kier alpha value is -2.51. The van der Waals surface area contributed by atoms with Crippen LogP contribution in [0.3, 0.4) is 0 Å². The predicted octanol–water partition coefficient (Wildman–Crippen LogP) is 4.22. The van der Waals surface area contributed by atoms with Crippen LogP contribution in [0.2, 0.25) is 0 Å². The number of nitrogens with one attached hydrogen (secondary N) is 1. The lowest BCUT2D eigenvalue weighted by Crippen LogP contribution is -2.21. The molecule has 1 N–H and O–H groups in total. The van der Waals surface area contributed by atoms with E-state index in [4.69, 9.17) is 9.47 Å². The molecule has 1 aromatic carbocycles. The molecule has 1 aliphatic rings. The zero-order chi connectivity index (χ0) is 18.1. The first-order chi connectivity index (χ1) is 11.9. The summed E-state index contributed by atoms with van der Waals surface area (Å²) >= 11 is 0. The van der Waals surface area contributed by atoms with Crippen LogP contribution in [0, 0.1) is 29.4 Å². The predicted molar refractivity (Wildman–Crippen MR) is 82.7 cm³/mol. The molecule has 0 spiro atoms. The van der Waals surface area contributed by atoms with Crippen LogP contribution in [-0.2, 0) is 0 Å². The van der Waals surface area contributed by atoms with Gasteiger partial charge in [0.25, 0.3) is 11.9 Å². The molecule has 3 rings (SSSR count). The average molecular weight is 356 g/mol. The van der Waals surface area contributed by atoms with E-state index in [2.05, 4.69) is 10.3 Å². The summed E-state index contributed by atoms with van der Waals surface area (Å²) in [6.07, 6.45) is 0. The van der Waals surface area contributed by atoms with Crippen LogP contribution in [-0.4, -0.2) is 18.2 Å². The van der Waals surface area contributed by atoms with E-state index in [1.54, 1.807) is 32.0 Å². The number of nitrogens with zero attached hydrogens (tertiary/aromatic N) is 1. The van der Waals surface area contributed by atoms with Gasteiger partial charge in [-0.3, -0.25) is 0 Å². The molecule has 4 nitrogen and oxygen atoms in total. The summed E-state index contributed by atoms with van der Waals surface area (Å²) in [5, 5.41) is 2.55. The number of fused-ring (bicyclic) bond motifs is 1. The minimum atomic E-state index is -1.70. The Morgan fingerprint density at radius 2 is 1.56 bits per heavy atom. The maximum absolute atomic E-state index is 13.9. The van der Waals surface area contributed by atoms with E-state index >= 15 is 0 Å². The standard InChI is InChI=1S/C17H16F4N2O2/c1-8(2)14(9-3-4-10-11(7-9)25-6-5-24-10)22-15-12(18)16(20)23-17(21)13(15)19/h3-4,7-8,14H,5-6H2,1-2H3,(H,22,23).